The third-order valence-electron chi connectivity index (χ3n) is 4.10. The van der Waals surface area contributed by atoms with Crippen molar-refractivity contribution in [1.82, 2.24) is 15.5 Å². The van der Waals surface area contributed by atoms with Gasteiger partial charge in [-0.15, -0.1) is 10.2 Å². The highest BCUT2D eigenvalue weighted by atomic mass is 32.2. The molecular weight excluding hydrogens is 424 g/mol. The summed E-state index contributed by atoms with van der Waals surface area (Å²) >= 11 is 0.996. The van der Waals surface area contributed by atoms with Crippen LogP contribution in [0.2, 0.25) is 0 Å². The van der Waals surface area contributed by atoms with Crippen LogP contribution in [-0.4, -0.2) is 38.5 Å². The zero-order chi connectivity index (χ0) is 21.8. The van der Waals surface area contributed by atoms with Crippen molar-refractivity contribution >= 4 is 40.8 Å². The van der Waals surface area contributed by atoms with Crippen molar-refractivity contribution in [2.75, 3.05) is 10.8 Å². The molecule has 4 rings (SSSR count). The van der Waals surface area contributed by atoms with Gasteiger partial charge in [-0.1, -0.05) is 36.0 Å². The third kappa shape index (κ3) is 4.75. The normalized spacial score (nSPS) is 13.2. The van der Waals surface area contributed by atoms with Crippen molar-refractivity contribution in [2.24, 2.45) is 5.10 Å². The molecule has 0 unspecified atom stereocenters. The first-order valence-corrected chi connectivity index (χ1v) is 9.94. The number of hydrogen-bond acceptors (Lipinski definition) is 9. The van der Waals surface area contributed by atoms with Gasteiger partial charge in [-0.25, -0.2) is 0 Å². The molecule has 31 heavy (non-hydrogen) atoms. The van der Waals surface area contributed by atoms with Crippen LogP contribution >= 0.6 is 11.8 Å². The lowest BCUT2D eigenvalue weighted by Crippen LogP contribution is -2.31. The van der Waals surface area contributed by atoms with Gasteiger partial charge in [-0.2, -0.15) is 10.1 Å². The lowest BCUT2D eigenvalue weighted by atomic mass is 10.2. The van der Waals surface area contributed by atoms with E-state index in [2.05, 4.69) is 20.6 Å². The topological polar surface area (TPSA) is 144 Å². The Balaban J connectivity index is 1.34. The van der Waals surface area contributed by atoms with Crippen LogP contribution in [0.1, 0.15) is 6.42 Å². The molecular formula is C19H14N6O5S. The fourth-order valence-electron chi connectivity index (χ4n) is 2.73. The van der Waals surface area contributed by atoms with Crippen LogP contribution in [0.3, 0.4) is 0 Å². The van der Waals surface area contributed by atoms with E-state index in [-0.39, 0.29) is 46.6 Å². The average molecular weight is 438 g/mol. The number of rotatable bonds is 6. The molecule has 0 radical (unpaired) electrons. The minimum Gasteiger partial charge on any atom is -0.411 e. The van der Waals surface area contributed by atoms with E-state index >= 15 is 0 Å². The Morgan fingerprint density at radius 2 is 2.00 bits per heavy atom. The van der Waals surface area contributed by atoms with Crippen LogP contribution in [0, 0.1) is 10.1 Å². The number of aromatic nitrogens is 2. The maximum atomic E-state index is 12.2. The Morgan fingerprint density at radius 3 is 2.77 bits per heavy atom. The van der Waals surface area contributed by atoms with Crippen LogP contribution < -0.4 is 10.3 Å². The lowest BCUT2D eigenvalue weighted by molar-refractivity contribution is -0.384. The molecule has 0 spiro atoms. The number of anilines is 1. The summed E-state index contributed by atoms with van der Waals surface area (Å²) < 4.78 is 5.46. The van der Waals surface area contributed by atoms with Gasteiger partial charge in [0.1, 0.15) is 5.84 Å². The molecule has 2 amide bonds. The summed E-state index contributed by atoms with van der Waals surface area (Å²) in [4.78, 5) is 34.7. The average Bonchev–Trinajstić information content (AvgIpc) is 3.39. The van der Waals surface area contributed by atoms with Crippen LogP contribution in [0.5, 0.6) is 0 Å². The molecule has 11 nitrogen and oxygen atoms in total. The van der Waals surface area contributed by atoms with Gasteiger partial charge in [0.05, 0.1) is 22.8 Å². The number of thioether (sulfide) groups is 1. The number of amidine groups is 1. The summed E-state index contributed by atoms with van der Waals surface area (Å²) in [6, 6.07) is 14.7. The predicted molar refractivity (Wildman–Crippen MR) is 111 cm³/mol. The van der Waals surface area contributed by atoms with Gasteiger partial charge < -0.3 is 9.73 Å². The highest BCUT2D eigenvalue weighted by molar-refractivity contribution is 7.99. The fraction of sp³-hybridized carbons (Fsp3) is 0.105. The van der Waals surface area contributed by atoms with E-state index in [4.69, 9.17) is 4.42 Å². The van der Waals surface area contributed by atoms with Crippen LogP contribution in [0.15, 0.2) is 69.3 Å². The largest absolute Gasteiger partial charge is 0.411 e. The maximum Gasteiger partial charge on any atom is 0.277 e. The van der Waals surface area contributed by atoms with E-state index < -0.39 is 4.92 Å². The second-order valence-corrected chi connectivity index (χ2v) is 7.21. The van der Waals surface area contributed by atoms with Gasteiger partial charge in [0.25, 0.3) is 16.8 Å². The molecule has 2 aromatic carbocycles. The summed E-state index contributed by atoms with van der Waals surface area (Å²) in [7, 11) is 0. The van der Waals surface area contributed by atoms with E-state index in [0.717, 1.165) is 11.8 Å². The number of non-ortho nitro benzene ring substituents is 1. The van der Waals surface area contributed by atoms with Crippen molar-refractivity contribution in [2.45, 2.75) is 11.6 Å². The van der Waals surface area contributed by atoms with Gasteiger partial charge in [0.15, 0.2) is 0 Å². The molecule has 0 atom stereocenters. The van der Waals surface area contributed by atoms with Gasteiger partial charge in [-0.05, 0) is 18.2 Å². The summed E-state index contributed by atoms with van der Waals surface area (Å²) in [5.74, 6) is -0.317. The zero-order valence-electron chi connectivity index (χ0n) is 15.8. The molecule has 0 saturated heterocycles. The van der Waals surface area contributed by atoms with E-state index in [0.29, 0.717) is 11.3 Å². The highest BCUT2D eigenvalue weighted by Gasteiger charge is 2.26. The van der Waals surface area contributed by atoms with E-state index in [1.165, 1.54) is 23.2 Å². The quantitative estimate of drug-likeness (QED) is 0.351. The molecule has 0 bridgehead atoms. The number of carbonyl (C=O) groups is 2. The molecule has 1 aliphatic heterocycles. The standard InChI is InChI=1S/C19H14N6O5S/c26-16(20-15-10-17(27)24(23-15)13-6-2-1-3-7-13)11-31-19-22-21-18(30-19)12-5-4-8-14(9-12)25(28)29/h1-9H,10-11H2,(H,20,23,26). The molecule has 3 aromatic rings. The number of nitro groups is 1. The lowest BCUT2D eigenvalue weighted by Gasteiger charge is -2.10. The Kier molecular flexibility index (Phi) is 5.71. The van der Waals surface area contributed by atoms with Crippen molar-refractivity contribution < 1.29 is 18.9 Å². The van der Waals surface area contributed by atoms with E-state index in [1.807, 2.05) is 6.07 Å². The zero-order valence-corrected chi connectivity index (χ0v) is 16.6. The van der Waals surface area contributed by atoms with Crippen molar-refractivity contribution in [3.8, 4) is 11.5 Å². The van der Waals surface area contributed by atoms with Gasteiger partial charge >= 0.3 is 0 Å². The Hall–Kier alpha value is -4.06. The smallest absolute Gasteiger partial charge is 0.277 e. The molecule has 2 heterocycles. The number of hydrazone groups is 1. The second kappa shape index (κ2) is 8.75. The van der Waals surface area contributed by atoms with Crippen molar-refractivity contribution in [1.29, 1.82) is 0 Å². The number of nitrogens with one attached hydrogen (secondary N) is 1. The molecule has 1 aliphatic rings. The summed E-state index contributed by atoms with van der Waals surface area (Å²) in [5, 5.41) is 26.7. The van der Waals surface area contributed by atoms with E-state index in [9.17, 15) is 19.7 Å². The highest BCUT2D eigenvalue weighted by Crippen LogP contribution is 2.26. The van der Waals surface area contributed by atoms with Gasteiger partial charge in [0, 0.05) is 17.7 Å². The van der Waals surface area contributed by atoms with Crippen LogP contribution in [-0.2, 0) is 9.59 Å². The number of hydrogen-bond donors (Lipinski definition) is 1. The predicted octanol–water partition coefficient (Wildman–Crippen LogP) is 2.60. The number of para-hydroxylation sites is 1. The molecule has 0 fully saturated rings. The Bertz CT molecular complexity index is 1180. The molecule has 0 aliphatic carbocycles. The fourth-order valence-corrected chi connectivity index (χ4v) is 3.29. The Labute approximate surface area is 179 Å². The maximum absolute atomic E-state index is 12.2. The number of amides is 2. The minimum absolute atomic E-state index is 0.0111. The van der Waals surface area contributed by atoms with Crippen molar-refractivity contribution in [3.63, 3.8) is 0 Å². The molecule has 12 heteroatoms. The van der Waals surface area contributed by atoms with Crippen LogP contribution in [0.4, 0.5) is 11.4 Å². The first-order chi connectivity index (χ1) is 15.0. The number of benzene rings is 2. The summed E-state index contributed by atoms with van der Waals surface area (Å²) in [6.07, 6.45) is -0.0111. The molecule has 1 aromatic heterocycles. The molecule has 156 valence electrons. The van der Waals surface area contributed by atoms with Crippen molar-refractivity contribution in [3.05, 3.63) is 64.7 Å². The minimum atomic E-state index is -0.519. The second-order valence-electron chi connectivity index (χ2n) is 6.28. The monoisotopic (exact) mass is 438 g/mol. The summed E-state index contributed by atoms with van der Waals surface area (Å²) in [6.45, 7) is 0. The van der Waals surface area contributed by atoms with E-state index in [1.54, 1.807) is 30.3 Å². The Morgan fingerprint density at radius 1 is 1.19 bits per heavy atom. The number of nitrogens with zero attached hydrogens (tertiary/aromatic N) is 5. The SMILES string of the molecule is O=C(CSc1nnc(-c2cccc([N+](=O)[O-])c2)o1)NC1=NN(c2ccccc2)C(=O)C1. The van der Waals surface area contributed by atoms with Crippen LogP contribution in [0.25, 0.3) is 11.5 Å². The third-order valence-corrected chi connectivity index (χ3v) is 4.92. The first kappa shape index (κ1) is 20.2. The number of nitro benzene ring substituents is 1. The summed E-state index contributed by atoms with van der Waals surface area (Å²) in [5.41, 5.74) is 0.921. The molecule has 0 saturated carbocycles. The van der Waals surface area contributed by atoms with Gasteiger partial charge in [-0.3, -0.25) is 19.7 Å². The van der Waals surface area contributed by atoms with Gasteiger partial charge in [0.2, 0.25) is 11.8 Å². The number of carbonyl (C=O) groups excluding carboxylic acids is 2. The molecule has 1 N–H and O–H groups in total. The first-order valence-electron chi connectivity index (χ1n) is 8.96.